The Balaban J connectivity index is 2.16. The van der Waals surface area contributed by atoms with Crippen molar-refractivity contribution in [2.24, 2.45) is 0 Å². The zero-order chi connectivity index (χ0) is 21.1. The van der Waals surface area contributed by atoms with Crippen molar-refractivity contribution >= 4 is 34.4 Å². The number of methoxy groups -OCH3 is 1. The van der Waals surface area contributed by atoms with Crippen LogP contribution in [0.15, 0.2) is 28.8 Å². The molecule has 0 aliphatic heterocycles. The molecule has 1 atom stereocenters. The van der Waals surface area contributed by atoms with Crippen LogP contribution >= 0.6 is 11.6 Å². The third kappa shape index (κ3) is 4.06. The van der Waals surface area contributed by atoms with E-state index in [1.807, 2.05) is 0 Å². The molecular formula is C19H16ClFN2O6. The van der Waals surface area contributed by atoms with Crippen LogP contribution in [0.2, 0.25) is 5.02 Å². The van der Waals surface area contributed by atoms with Gasteiger partial charge in [-0.25, -0.2) is 14.2 Å². The molecule has 10 heteroatoms. The minimum absolute atomic E-state index is 0.0671. The lowest BCUT2D eigenvalue weighted by Gasteiger charge is -2.13. The second-order valence-electron chi connectivity index (χ2n) is 5.89. The number of aromatic nitrogens is 2. The first-order chi connectivity index (χ1) is 13.9. The molecule has 29 heavy (non-hydrogen) atoms. The molecule has 2 heterocycles. The Hall–Kier alpha value is -3.04. The van der Waals surface area contributed by atoms with Crippen molar-refractivity contribution in [1.29, 1.82) is 0 Å². The fraction of sp³-hybridized carbons (Fsp3) is 0.263. The molecule has 0 fully saturated rings. The lowest BCUT2D eigenvalue weighted by atomic mass is 9.97. The van der Waals surface area contributed by atoms with E-state index in [1.54, 1.807) is 6.92 Å². The molecule has 0 aliphatic rings. The molecule has 1 unspecified atom stereocenters. The summed E-state index contributed by atoms with van der Waals surface area (Å²) in [5, 5.41) is 10.1. The van der Waals surface area contributed by atoms with Gasteiger partial charge >= 0.3 is 11.9 Å². The maximum atomic E-state index is 14.6. The van der Waals surface area contributed by atoms with Crippen LogP contribution in [0.25, 0.3) is 10.9 Å². The number of hydrogen-bond donors (Lipinski definition) is 1. The second-order valence-corrected chi connectivity index (χ2v) is 6.33. The van der Waals surface area contributed by atoms with Crippen LogP contribution in [0.3, 0.4) is 0 Å². The van der Waals surface area contributed by atoms with Crippen LogP contribution in [-0.2, 0) is 20.9 Å². The highest BCUT2D eigenvalue weighted by molar-refractivity contribution is 6.31. The fourth-order valence-electron chi connectivity index (χ4n) is 2.82. The zero-order valence-electron chi connectivity index (χ0n) is 15.4. The van der Waals surface area contributed by atoms with Gasteiger partial charge in [0.15, 0.2) is 5.92 Å². The molecule has 0 amide bonds. The average Bonchev–Trinajstić information content (AvgIpc) is 3.12. The van der Waals surface area contributed by atoms with E-state index in [1.165, 1.54) is 18.3 Å². The molecule has 0 bridgehead atoms. The van der Waals surface area contributed by atoms with Crippen molar-refractivity contribution in [3.63, 3.8) is 0 Å². The van der Waals surface area contributed by atoms with Crippen molar-refractivity contribution in [2.45, 2.75) is 19.4 Å². The molecule has 0 saturated carbocycles. The van der Waals surface area contributed by atoms with E-state index in [0.29, 0.717) is 5.39 Å². The third-order valence-electron chi connectivity index (χ3n) is 4.07. The number of oxazole rings is 1. The van der Waals surface area contributed by atoms with Gasteiger partial charge in [-0.2, -0.15) is 0 Å². The smallest absolute Gasteiger partial charge is 0.376 e. The Labute approximate surface area is 169 Å². The van der Waals surface area contributed by atoms with Gasteiger partial charge in [0.2, 0.25) is 11.7 Å². The summed E-state index contributed by atoms with van der Waals surface area (Å²) in [7, 11) is 1.15. The molecule has 152 valence electrons. The number of esters is 2. The van der Waals surface area contributed by atoms with Crippen molar-refractivity contribution in [1.82, 2.24) is 9.97 Å². The second kappa shape index (κ2) is 8.54. The van der Waals surface area contributed by atoms with E-state index < -0.39 is 30.3 Å². The highest BCUT2D eigenvalue weighted by Gasteiger charge is 2.33. The molecule has 1 N–H and O–H groups in total. The minimum Gasteiger partial charge on any atom is -0.468 e. The van der Waals surface area contributed by atoms with E-state index in [4.69, 9.17) is 25.5 Å². The number of carbonyl (C=O) groups is 2. The summed E-state index contributed by atoms with van der Waals surface area (Å²) in [5.41, 5.74) is 0.0998. The largest absolute Gasteiger partial charge is 0.468 e. The maximum absolute atomic E-state index is 14.6. The number of aliphatic hydroxyl groups is 1. The summed E-state index contributed by atoms with van der Waals surface area (Å²) < 4.78 is 29.7. The molecule has 0 aliphatic carbocycles. The van der Waals surface area contributed by atoms with Gasteiger partial charge in [-0.1, -0.05) is 11.6 Å². The molecular weight excluding hydrogens is 407 g/mol. The van der Waals surface area contributed by atoms with Crippen molar-refractivity contribution in [3.8, 4) is 0 Å². The highest BCUT2D eigenvalue weighted by atomic mass is 35.5. The van der Waals surface area contributed by atoms with Gasteiger partial charge < -0.3 is 19.0 Å². The van der Waals surface area contributed by atoms with Gasteiger partial charge in [-0.15, -0.1) is 0 Å². The lowest BCUT2D eigenvalue weighted by molar-refractivity contribution is -0.141. The van der Waals surface area contributed by atoms with Gasteiger partial charge in [-0.05, 0) is 30.7 Å². The van der Waals surface area contributed by atoms with Gasteiger partial charge in [0.1, 0.15) is 17.0 Å². The Bertz CT molecular complexity index is 1080. The van der Waals surface area contributed by atoms with E-state index in [9.17, 15) is 19.1 Å². The van der Waals surface area contributed by atoms with Crippen LogP contribution in [-0.4, -0.2) is 40.7 Å². The molecule has 0 radical (unpaired) electrons. The topological polar surface area (TPSA) is 112 Å². The number of nitrogens with zero attached hydrogens (tertiary/aromatic N) is 2. The molecule has 0 spiro atoms. The van der Waals surface area contributed by atoms with Gasteiger partial charge in [-0.3, -0.25) is 9.78 Å². The number of rotatable bonds is 6. The summed E-state index contributed by atoms with van der Waals surface area (Å²) >= 11 is 5.93. The highest BCUT2D eigenvalue weighted by Crippen LogP contribution is 2.31. The summed E-state index contributed by atoms with van der Waals surface area (Å²) in [6.45, 7) is 1.04. The number of pyridine rings is 1. The van der Waals surface area contributed by atoms with Crippen LogP contribution in [0.4, 0.5) is 4.39 Å². The predicted octanol–water partition coefficient (Wildman–Crippen LogP) is 2.99. The number of carbonyl (C=O) groups excluding carboxylic acids is 2. The first kappa shape index (κ1) is 20.7. The quantitative estimate of drug-likeness (QED) is 0.603. The third-order valence-corrected chi connectivity index (χ3v) is 4.27. The number of ether oxygens (including phenoxy) is 2. The molecule has 0 saturated heterocycles. The Kier molecular flexibility index (Phi) is 6.09. The summed E-state index contributed by atoms with van der Waals surface area (Å²) in [4.78, 5) is 32.5. The monoisotopic (exact) mass is 422 g/mol. The van der Waals surface area contributed by atoms with Crippen LogP contribution in [0, 0.1) is 5.82 Å². The minimum atomic E-state index is -1.30. The SMILES string of the molecule is CCOC(=O)c1oc(C(C(=O)OC)c2cc(F)c3ncc(Cl)cc3c2)nc1CO. The molecule has 8 nitrogen and oxygen atoms in total. The normalized spacial score (nSPS) is 12.0. The number of fused-ring (bicyclic) bond motifs is 1. The Morgan fingerprint density at radius 1 is 1.34 bits per heavy atom. The molecule has 1 aromatic carbocycles. The van der Waals surface area contributed by atoms with Gasteiger partial charge in [0, 0.05) is 11.6 Å². The Morgan fingerprint density at radius 2 is 2.10 bits per heavy atom. The molecule has 3 aromatic rings. The number of aliphatic hydroxyl groups excluding tert-OH is 1. The number of halogens is 2. The Morgan fingerprint density at radius 3 is 2.76 bits per heavy atom. The van der Waals surface area contributed by atoms with Crippen molar-refractivity contribution in [2.75, 3.05) is 13.7 Å². The van der Waals surface area contributed by atoms with E-state index in [0.717, 1.165) is 13.2 Å². The van der Waals surface area contributed by atoms with Gasteiger partial charge in [0.05, 0.1) is 25.3 Å². The zero-order valence-corrected chi connectivity index (χ0v) is 16.2. The van der Waals surface area contributed by atoms with Crippen LogP contribution < -0.4 is 0 Å². The molecule has 2 aromatic heterocycles. The predicted molar refractivity (Wildman–Crippen MR) is 99.0 cm³/mol. The summed E-state index contributed by atoms with van der Waals surface area (Å²) in [6, 6.07) is 4.08. The van der Waals surface area contributed by atoms with Crippen molar-refractivity contribution < 1.29 is 33.0 Å². The van der Waals surface area contributed by atoms with E-state index >= 15 is 0 Å². The number of benzene rings is 1. The average molecular weight is 423 g/mol. The van der Waals surface area contributed by atoms with E-state index in [-0.39, 0.29) is 40.1 Å². The fourth-order valence-corrected chi connectivity index (χ4v) is 2.99. The summed E-state index contributed by atoms with van der Waals surface area (Å²) in [5.74, 6) is -4.24. The first-order valence-corrected chi connectivity index (χ1v) is 8.87. The number of hydrogen-bond acceptors (Lipinski definition) is 8. The molecule has 3 rings (SSSR count). The summed E-state index contributed by atoms with van der Waals surface area (Å²) in [6.07, 6.45) is 1.30. The van der Waals surface area contributed by atoms with Crippen LogP contribution in [0.5, 0.6) is 0 Å². The maximum Gasteiger partial charge on any atom is 0.376 e. The lowest BCUT2D eigenvalue weighted by Crippen LogP contribution is -2.16. The van der Waals surface area contributed by atoms with E-state index in [2.05, 4.69) is 9.97 Å². The van der Waals surface area contributed by atoms with Gasteiger partial charge in [0.25, 0.3) is 0 Å². The first-order valence-electron chi connectivity index (χ1n) is 8.49. The van der Waals surface area contributed by atoms with Crippen LogP contribution in [0.1, 0.15) is 40.5 Å². The standard InChI is InChI=1S/C19H16ClFN2O6/c1-3-28-19(26)16-13(8-24)23-17(29-16)14(18(25)27-2)9-4-10-5-11(20)7-22-15(10)12(21)6-9/h4-7,14,24H,3,8H2,1-2H3. The van der Waals surface area contributed by atoms with Crippen molar-refractivity contribution in [3.05, 3.63) is 58.1 Å².